The number of benzene rings is 3. The summed E-state index contributed by atoms with van der Waals surface area (Å²) in [6.45, 7) is 1.99. The van der Waals surface area contributed by atoms with Gasteiger partial charge in [0.05, 0.1) is 21.9 Å². The number of fused-ring (bicyclic) bond motifs is 3. The second-order valence-corrected chi connectivity index (χ2v) is 6.95. The molecule has 0 saturated heterocycles. The van der Waals surface area contributed by atoms with E-state index in [0.717, 1.165) is 44.0 Å². The molecule has 5 aromatic rings. The summed E-state index contributed by atoms with van der Waals surface area (Å²) in [4.78, 5) is 13.8. The third-order valence-corrected chi connectivity index (χ3v) is 5.38. The minimum atomic E-state index is 0.0155. The van der Waals surface area contributed by atoms with Crippen LogP contribution in [0.15, 0.2) is 78.9 Å². The van der Waals surface area contributed by atoms with E-state index in [9.17, 15) is 4.79 Å². The van der Waals surface area contributed by atoms with E-state index in [-0.39, 0.29) is 5.91 Å². The molecule has 27 heavy (non-hydrogen) atoms. The molecule has 0 saturated carbocycles. The molecule has 130 valence electrons. The van der Waals surface area contributed by atoms with Gasteiger partial charge in [0.1, 0.15) is 7.05 Å². The fourth-order valence-electron chi connectivity index (χ4n) is 4.13. The van der Waals surface area contributed by atoms with E-state index < -0.39 is 0 Å². The van der Waals surface area contributed by atoms with Gasteiger partial charge in [-0.25, -0.2) is 0 Å². The van der Waals surface area contributed by atoms with Gasteiger partial charge in [0.25, 0.3) is 5.91 Å². The van der Waals surface area contributed by atoms with Crippen LogP contribution in [0.5, 0.6) is 0 Å². The Bertz CT molecular complexity index is 1300. The molecule has 5 rings (SSSR count). The van der Waals surface area contributed by atoms with Crippen molar-refractivity contribution in [3.8, 4) is 0 Å². The van der Waals surface area contributed by atoms with E-state index in [0.29, 0.717) is 0 Å². The topological polar surface area (TPSA) is 25.9 Å². The number of carbonyl (C=O) groups excluding carboxylic acids is 1. The molecule has 0 radical (unpaired) electrons. The number of para-hydroxylation sites is 3. The Morgan fingerprint density at radius 3 is 2.04 bits per heavy atom. The number of aromatic nitrogens is 2. The van der Waals surface area contributed by atoms with E-state index in [1.807, 2.05) is 72.2 Å². The Labute approximate surface area is 157 Å². The molecule has 0 aliphatic carbocycles. The molecular weight excluding hydrogens is 332 g/mol. The molecule has 0 N–H and O–H groups in total. The Morgan fingerprint density at radius 2 is 1.37 bits per heavy atom. The first-order valence-electron chi connectivity index (χ1n) is 9.08. The molecule has 2 aromatic heterocycles. The number of pyridine rings is 1. The summed E-state index contributed by atoms with van der Waals surface area (Å²) < 4.78 is 3.99. The summed E-state index contributed by atoms with van der Waals surface area (Å²) in [5.74, 6) is 0.0155. The van der Waals surface area contributed by atoms with Gasteiger partial charge in [0.2, 0.25) is 11.0 Å². The lowest BCUT2D eigenvalue weighted by atomic mass is 10.0. The molecule has 0 unspecified atom stereocenters. The molecule has 0 aliphatic heterocycles. The zero-order valence-electron chi connectivity index (χ0n) is 15.3. The lowest BCUT2D eigenvalue weighted by Gasteiger charge is -2.12. The first-order chi connectivity index (χ1) is 13.2. The zero-order chi connectivity index (χ0) is 18.5. The van der Waals surface area contributed by atoms with Crippen LogP contribution in [0.25, 0.3) is 32.7 Å². The average Bonchev–Trinajstić information content (AvgIpc) is 3.04. The summed E-state index contributed by atoms with van der Waals surface area (Å²) >= 11 is 0. The SMILES string of the molecule is Cc1cc2ccccc2n1C(=O)c1c2ccccc2[n+](C)c2ccccc12. The normalized spacial score (nSPS) is 11.5. The summed E-state index contributed by atoms with van der Waals surface area (Å²) in [5.41, 5.74) is 4.75. The van der Waals surface area contributed by atoms with Crippen LogP contribution >= 0.6 is 0 Å². The Morgan fingerprint density at radius 1 is 0.815 bits per heavy atom. The van der Waals surface area contributed by atoms with Crippen molar-refractivity contribution >= 4 is 38.6 Å². The molecule has 0 atom stereocenters. The summed E-state index contributed by atoms with van der Waals surface area (Å²) in [6.07, 6.45) is 0. The van der Waals surface area contributed by atoms with Crippen molar-refractivity contribution in [3.05, 3.63) is 90.1 Å². The van der Waals surface area contributed by atoms with Crippen LogP contribution in [0.3, 0.4) is 0 Å². The highest BCUT2D eigenvalue weighted by Crippen LogP contribution is 2.28. The summed E-state index contributed by atoms with van der Waals surface area (Å²) in [5, 5.41) is 3.03. The molecule has 0 amide bonds. The highest BCUT2D eigenvalue weighted by Gasteiger charge is 2.24. The second kappa shape index (κ2) is 5.78. The Hall–Kier alpha value is -3.46. The standard InChI is InChI=1S/C24H19N2O/c1-16-15-17-9-3-6-12-20(17)26(16)24(27)23-18-10-4-7-13-21(18)25(2)22-14-8-5-11-19(22)23/h3-15H,1-2H3/q+1. The fraction of sp³-hybridized carbons (Fsp3) is 0.0833. The molecule has 0 aliphatic rings. The van der Waals surface area contributed by atoms with Gasteiger partial charge in [-0.2, -0.15) is 4.57 Å². The molecular formula is C24H19N2O+. The number of hydrogen-bond donors (Lipinski definition) is 0. The van der Waals surface area contributed by atoms with Gasteiger partial charge in [-0.05, 0) is 31.2 Å². The van der Waals surface area contributed by atoms with Gasteiger partial charge in [-0.15, -0.1) is 0 Å². The Balaban J connectivity index is 1.93. The first kappa shape index (κ1) is 15.8. The molecule has 0 bridgehead atoms. The van der Waals surface area contributed by atoms with Gasteiger partial charge >= 0.3 is 0 Å². The first-order valence-corrected chi connectivity index (χ1v) is 9.08. The number of hydrogen-bond acceptors (Lipinski definition) is 1. The highest BCUT2D eigenvalue weighted by molar-refractivity contribution is 6.17. The van der Waals surface area contributed by atoms with Crippen molar-refractivity contribution in [2.75, 3.05) is 0 Å². The molecule has 3 heteroatoms. The van der Waals surface area contributed by atoms with Gasteiger partial charge in [-0.1, -0.05) is 42.5 Å². The third kappa shape index (κ3) is 2.21. The van der Waals surface area contributed by atoms with E-state index in [2.05, 4.69) is 29.8 Å². The summed E-state index contributed by atoms with van der Waals surface area (Å²) in [7, 11) is 2.05. The van der Waals surface area contributed by atoms with Crippen molar-refractivity contribution in [2.24, 2.45) is 7.05 Å². The zero-order valence-corrected chi connectivity index (χ0v) is 15.3. The third-order valence-electron chi connectivity index (χ3n) is 5.38. The second-order valence-electron chi connectivity index (χ2n) is 6.95. The molecule has 3 nitrogen and oxygen atoms in total. The predicted octanol–water partition coefficient (Wildman–Crippen LogP) is 4.77. The largest absolute Gasteiger partial charge is 0.280 e. The van der Waals surface area contributed by atoms with Crippen LogP contribution in [0.1, 0.15) is 16.1 Å². The van der Waals surface area contributed by atoms with Crippen molar-refractivity contribution in [3.63, 3.8) is 0 Å². The summed E-state index contributed by atoms with van der Waals surface area (Å²) in [6, 6.07) is 26.3. The number of aryl methyl sites for hydroxylation is 2. The van der Waals surface area contributed by atoms with Gasteiger partial charge in [0.15, 0.2) is 0 Å². The van der Waals surface area contributed by atoms with E-state index >= 15 is 0 Å². The van der Waals surface area contributed by atoms with Crippen LogP contribution in [0.2, 0.25) is 0 Å². The van der Waals surface area contributed by atoms with Gasteiger partial charge in [0, 0.05) is 23.2 Å². The maximum atomic E-state index is 13.8. The monoisotopic (exact) mass is 351 g/mol. The number of rotatable bonds is 1. The fourth-order valence-corrected chi connectivity index (χ4v) is 4.13. The minimum Gasteiger partial charge on any atom is -0.280 e. The minimum absolute atomic E-state index is 0.0155. The van der Waals surface area contributed by atoms with E-state index in [4.69, 9.17) is 0 Å². The number of carbonyl (C=O) groups is 1. The van der Waals surface area contributed by atoms with Crippen LogP contribution in [0.4, 0.5) is 0 Å². The van der Waals surface area contributed by atoms with Crippen LogP contribution in [0, 0.1) is 6.92 Å². The Kier molecular flexibility index (Phi) is 3.37. The van der Waals surface area contributed by atoms with Crippen molar-refractivity contribution < 1.29 is 9.36 Å². The molecule has 0 fully saturated rings. The van der Waals surface area contributed by atoms with Gasteiger partial charge in [-0.3, -0.25) is 9.36 Å². The van der Waals surface area contributed by atoms with Crippen LogP contribution in [-0.4, -0.2) is 10.5 Å². The van der Waals surface area contributed by atoms with Crippen molar-refractivity contribution in [1.29, 1.82) is 0 Å². The van der Waals surface area contributed by atoms with E-state index in [1.54, 1.807) is 0 Å². The molecule has 3 aromatic carbocycles. The number of nitrogens with zero attached hydrogens (tertiary/aromatic N) is 2. The maximum Gasteiger partial charge on any atom is 0.264 e. The lowest BCUT2D eigenvalue weighted by molar-refractivity contribution is -0.617. The molecule has 0 spiro atoms. The predicted molar refractivity (Wildman–Crippen MR) is 109 cm³/mol. The lowest BCUT2D eigenvalue weighted by Crippen LogP contribution is -2.31. The average molecular weight is 351 g/mol. The molecule has 2 heterocycles. The maximum absolute atomic E-state index is 13.8. The van der Waals surface area contributed by atoms with Crippen LogP contribution in [-0.2, 0) is 7.05 Å². The van der Waals surface area contributed by atoms with Crippen LogP contribution < -0.4 is 4.57 Å². The van der Waals surface area contributed by atoms with E-state index in [1.165, 1.54) is 0 Å². The van der Waals surface area contributed by atoms with Crippen molar-refractivity contribution in [1.82, 2.24) is 4.57 Å². The van der Waals surface area contributed by atoms with Gasteiger partial charge < -0.3 is 0 Å². The van der Waals surface area contributed by atoms with Crippen molar-refractivity contribution in [2.45, 2.75) is 6.92 Å². The smallest absolute Gasteiger partial charge is 0.264 e. The highest BCUT2D eigenvalue weighted by atomic mass is 16.2. The quantitative estimate of drug-likeness (QED) is 0.316.